The quantitative estimate of drug-likeness (QED) is 0.661. The Hall–Kier alpha value is -0.950. The van der Waals surface area contributed by atoms with Gasteiger partial charge in [0.05, 0.1) is 0 Å². The summed E-state index contributed by atoms with van der Waals surface area (Å²) in [6, 6.07) is 2.05. The average molecular weight is 181 g/mol. The molecule has 0 saturated carbocycles. The lowest BCUT2D eigenvalue weighted by molar-refractivity contribution is 0.675. The van der Waals surface area contributed by atoms with Crippen molar-refractivity contribution in [2.24, 2.45) is 0 Å². The Balaban J connectivity index is 2.46. The van der Waals surface area contributed by atoms with Crippen molar-refractivity contribution in [3.05, 3.63) is 18.2 Å². The predicted octanol–water partition coefficient (Wildman–Crippen LogP) is 1.51. The van der Waals surface area contributed by atoms with E-state index >= 15 is 0 Å². The fourth-order valence-electron chi connectivity index (χ4n) is 0.982. The van der Waals surface area contributed by atoms with Crippen LogP contribution in [0.15, 0.2) is 12.4 Å². The Kier molecular flexibility index (Phi) is 3.68. The fourth-order valence-corrected chi connectivity index (χ4v) is 1.40. The number of thioether (sulfide) groups is 1. The molecule has 0 aliphatic rings. The molecule has 64 valence electrons. The second kappa shape index (κ2) is 4.83. The highest BCUT2D eigenvalue weighted by atomic mass is 32.2. The first-order valence-electron chi connectivity index (χ1n) is 3.78. The molecule has 1 rings (SSSR count). The minimum atomic E-state index is 0.510. The topological polar surface area (TPSA) is 41.6 Å². The molecule has 0 fully saturated rings. The SMILES string of the molecule is CSCCCn1ccnc1C#N. The molecule has 0 unspecified atom stereocenters. The van der Waals surface area contributed by atoms with E-state index in [9.17, 15) is 0 Å². The summed E-state index contributed by atoms with van der Waals surface area (Å²) >= 11 is 1.82. The van der Waals surface area contributed by atoms with E-state index in [0.29, 0.717) is 5.82 Å². The highest BCUT2D eigenvalue weighted by Gasteiger charge is 1.98. The first-order valence-corrected chi connectivity index (χ1v) is 5.18. The van der Waals surface area contributed by atoms with Gasteiger partial charge < -0.3 is 4.57 Å². The lowest BCUT2D eigenvalue weighted by atomic mass is 10.4. The van der Waals surface area contributed by atoms with Crippen LogP contribution in [-0.2, 0) is 6.54 Å². The Labute approximate surface area is 76.4 Å². The number of aromatic nitrogens is 2. The molecule has 12 heavy (non-hydrogen) atoms. The van der Waals surface area contributed by atoms with E-state index in [1.807, 2.05) is 28.6 Å². The first kappa shape index (κ1) is 9.14. The van der Waals surface area contributed by atoms with Gasteiger partial charge in [-0.25, -0.2) is 4.98 Å². The standard InChI is InChI=1S/C8H11N3S/c1-12-6-2-4-11-5-3-10-8(11)7-9/h3,5H,2,4,6H2,1H3. The third-order valence-electron chi connectivity index (χ3n) is 1.56. The minimum absolute atomic E-state index is 0.510. The molecule has 1 aromatic rings. The summed E-state index contributed by atoms with van der Waals surface area (Å²) in [4.78, 5) is 3.91. The van der Waals surface area contributed by atoms with Crippen LogP contribution < -0.4 is 0 Å². The average Bonchev–Trinajstić information content (AvgIpc) is 2.52. The van der Waals surface area contributed by atoms with Gasteiger partial charge in [-0.3, -0.25) is 0 Å². The molecule has 1 heterocycles. The molecule has 0 atom stereocenters. The van der Waals surface area contributed by atoms with Gasteiger partial charge in [0.15, 0.2) is 0 Å². The first-order chi connectivity index (χ1) is 5.88. The summed E-state index contributed by atoms with van der Waals surface area (Å²) in [5, 5.41) is 8.63. The lowest BCUT2D eigenvalue weighted by Crippen LogP contribution is -2.00. The fraction of sp³-hybridized carbons (Fsp3) is 0.500. The van der Waals surface area contributed by atoms with Crippen LogP contribution in [0.25, 0.3) is 0 Å². The lowest BCUT2D eigenvalue weighted by Gasteiger charge is -2.00. The highest BCUT2D eigenvalue weighted by molar-refractivity contribution is 7.98. The number of aryl methyl sites for hydroxylation is 1. The number of imidazole rings is 1. The van der Waals surface area contributed by atoms with Crippen LogP contribution in [0, 0.1) is 11.3 Å². The zero-order chi connectivity index (χ0) is 8.81. The number of rotatable bonds is 4. The zero-order valence-corrected chi connectivity index (χ0v) is 7.84. The van der Waals surface area contributed by atoms with E-state index in [4.69, 9.17) is 5.26 Å². The predicted molar refractivity (Wildman–Crippen MR) is 49.9 cm³/mol. The summed E-state index contributed by atoms with van der Waals surface area (Å²) in [7, 11) is 0. The number of nitriles is 1. The Morgan fingerprint density at radius 3 is 3.25 bits per heavy atom. The van der Waals surface area contributed by atoms with Crippen LogP contribution in [0.5, 0.6) is 0 Å². The summed E-state index contributed by atoms with van der Waals surface area (Å²) in [5.41, 5.74) is 0. The van der Waals surface area contributed by atoms with Gasteiger partial charge in [0, 0.05) is 18.9 Å². The summed E-state index contributed by atoms with van der Waals surface area (Å²) in [6.07, 6.45) is 6.68. The van der Waals surface area contributed by atoms with Crippen molar-refractivity contribution in [1.29, 1.82) is 5.26 Å². The van der Waals surface area contributed by atoms with Gasteiger partial charge in [0.25, 0.3) is 0 Å². The van der Waals surface area contributed by atoms with Gasteiger partial charge in [-0.15, -0.1) is 0 Å². The van der Waals surface area contributed by atoms with Crippen molar-refractivity contribution in [2.75, 3.05) is 12.0 Å². The Bertz CT molecular complexity index is 274. The van der Waals surface area contributed by atoms with E-state index in [0.717, 1.165) is 18.7 Å². The van der Waals surface area contributed by atoms with Crippen molar-refractivity contribution >= 4 is 11.8 Å². The molecular weight excluding hydrogens is 170 g/mol. The van der Waals surface area contributed by atoms with Crippen molar-refractivity contribution < 1.29 is 0 Å². The Morgan fingerprint density at radius 2 is 2.58 bits per heavy atom. The van der Waals surface area contributed by atoms with Crippen molar-refractivity contribution in [3.8, 4) is 6.07 Å². The summed E-state index contributed by atoms with van der Waals surface area (Å²) in [6.45, 7) is 0.893. The molecule has 0 amide bonds. The normalized spacial score (nSPS) is 9.67. The minimum Gasteiger partial charge on any atom is -0.323 e. The third-order valence-corrected chi connectivity index (χ3v) is 2.26. The largest absolute Gasteiger partial charge is 0.323 e. The second-order valence-corrected chi connectivity index (χ2v) is 3.39. The van der Waals surface area contributed by atoms with Crippen LogP contribution in [0.2, 0.25) is 0 Å². The Morgan fingerprint density at radius 1 is 1.75 bits per heavy atom. The van der Waals surface area contributed by atoms with Crippen molar-refractivity contribution in [2.45, 2.75) is 13.0 Å². The van der Waals surface area contributed by atoms with E-state index in [-0.39, 0.29) is 0 Å². The molecule has 1 aromatic heterocycles. The van der Waals surface area contributed by atoms with Crippen LogP contribution in [-0.4, -0.2) is 21.6 Å². The molecule has 0 spiro atoms. The van der Waals surface area contributed by atoms with Crippen LogP contribution in [0.3, 0.4) is 0 Å². The maximum absolute atomic E-state index is 8.63. The van der Waals surface area contributed by atoms with E-state index in [1.54, 1.807) is 6.20 Å². The zero-order valence-electron chi connectivity index (χ0n) is 7.03. The van der Waals surface area contributed by atoms with Crippen LogP contribution in [0.4, 0.5) is 0 Å². The van der Waals surface area contributed by atoms with Gasteiger partial charge in [-0.2, -0.15) is 17.0 Å². The van der Waals surface area contributed by atoms with Crippen molar-refractivity contribution in [1.82, 2.24) is 9.55 Å². The maximum Gasteiger partial charge on any atom is 0.212 e. The molecule has 0 radical (unpaired) electrons. The molecule has 0 aromatic carbocycles. The van der Waals surface area contributed by atoms with Crippen LogP contribution >= 0.6 is 11.8 Å². The molecule has 0 aliphatic carbocycles. The van der Waals surface area contributed by atoms with Crippen LogP contribution in [0.1, 0.15) is 12.2 Å². The maximum atomic E-state index is 8.63. The van der Waals surface area contributed by atoms with Crippen molar-refractivity contribution in [3.63, 3.8) is 0 Å². The molecular formula is C8H11N3S. The third kappa shape index (κ3) is 2.28. The summed E-state index contributed by atoms with van der Waals surface area (Å²) < 4.78 is 1.89. The molecule has 3 nitrogen and oxygen atoms in total. The molecule has 0 aliphatic heterocycles. The highest BCUT2D eigenvalue weighted by Crippen LogP contribution is 2.01. The molecule has 0 bridgehead atoms. The van der Waals surface area contributed by atoms with Gasteiger partial charge in [-0.1, -0.05) is 0 Å². The molecule has 0 N–H and O–H groups in total. The molecule has 0 saturated heterocycles. The van der Waals surface area contributed by atoms with E-state index in [2.05, 4.69) is 11.2 Å². The number of nitrogens with zero attached hydrogens (tertiary/aromatic N) is 3. The van der Waals surface area contributed by atoms with E-state index in [1.165, 1.54) is 0 Å². The number of hydrogen-bond acceptors (Lipinski definition) is 3. The van der Waals surface area contributed by atoms with Gasteiger partial charge in [0.1, 0.15) is 6.07 Å². The van der Waals surface area contributed by atoms with E-state index < -0.39 is 0 Å². The molecule has 4 heteroatoms. The van der Waals surface area contributed by atoms with Gasteiger partial charge >= 0.3 is 0 Å². The second-order valence-electron chi connectivity index (χ2n) is 2.40. The summed E-state index contributed by atoms with van der Waals surface area (Å²) in [5.74, 6) is 1.64. The van der Waals surface area contributed by atoms with Gasteiger partial charge in [-0.05, 0) is 18.4 Å². The number of hydrogen-bond donors (Lipinski definition) is 0. The smallest absolute Gasteiger partial charge is 0.212 e. The van der Waals surface area contributed by atoms with Gasteiger partial charge in [0.2, 0.25) is 5.82 Å². The monoisotopic (exact) mass is 181 g/mol.